The number of nitrogens with zero attached hydrogens (tertiary/aromatic N) is 2. The maximum atomic E-state index is 13.6. The van der Waals surface area contributed by atoms with Crippen LogP contribution in [-0.4, -0.2) is 18.0 Å². The Hall–Kier alpha value is -3.19. The lowest BCUT2D eigenvalue weighted by Gasteiger charge is -2.18. The molecule has 0 unspecified atom stereocenters. The van der Waals surface area contributed by atoms with Gasteiger partial charge in [-0.25, -0.2) is 9.37 Å². The zero-order valence-electron chi connectivity index (χ0n) is 14.4. The summed E-state index contributed by atoms with van der Waals surface area (Å²) in [6.07, 6.45) is 1.54. The van der Waals surface area contributed by atoms with E-state index in [1.807, 2.05) is 18.2 Å². The third-order valence-electron chi connectivity index (χ3n) is 4.03. The highest BCUT2D eigenvalue weighted by molar-refractivity contribution is 7.22. The molecule has 0 atom stereocenters. The fourth-order valence-corrected chi connectivity index (χ4v) is 3.73. The molecule has 0 spiro atoms. The summed E-state index contributed by atoms with van der Waals surface area (Å²) in [4.78, 5) is 19.2. The Morgan fingerprint density at radius 1 is 1.22 bits per heavy atom. The molecular weight excluding hydrogens is 367 g/mol. The number of aromatic nitrogens is 1. The molecule has 0 saturated carbocycles. The number of para-hydroxylation sites is 1. The number of hydrogen-bond donors (Lipinski definition) is 0. The van der Waals surface area contributed by atoms with Crippen molar-refractivity contribution in [2.45, 2.75) is 6.54 Å². The second-order valence-electron chi connectivity index (χ2n) is 5.78. The summed E-state index contributed by atoms with van der Waals surface area (Å²) in [6, 6.07) is 14.7. The maximum Gasteiger partial charge on any atom is 0.260 e. The number of fused-ring (bicyclic) bond motifs is 1. The fourth-order valence-electron chi connectivity index (χ4n) is 2.75. The van der Waals surface area contributed by atoms with Crippen LogP contribution in [0.25, 0.3) is 10.2 Å². The normalized spacial score (nSPS) is 10.9. The predicted octanol–water partition coefficient (Wildman–Crippen LogP) is 4.88. The number of benzene rings is 2. The highest BCUT2D eigenvalue weighted by Crippen LogP contribution is 2.35. The van der Waals surface area contributed by atoms with E-state index in [0.29, 0.717) is 22.2 Å². The summed E-state index contributed by atoms with van der Waals surface area (Å²) in [5.41, 5.74) is 0.921. The minimum absolute atomic E-state index is 0.185. The van der Waals surface area contributed by atoms with Crippen LogP contribution in [-0.2, 0) is 6.54 Å². The van der Waals surface area contributed by atoms with E-state index >= 15 is 0 Å². The van der Waals surface area contributed by atoms with Crippen molar-refractivity contribution >= 4 is 32.6 Å². The molecule has 1 amide bonds. The van der Waals surface area contributed by atoms with Gasteiger partial charge in [0.2, 0.25) is 0 Å². The van der Waals surface area contributed by atoms with Gasteiger partial charge in [0.1, 0.15) is 22.8 Å². The average Bonchev–Trinajstić information content (AvgIpc) is 3.34. The second kappa shape index (κ2) is 7.20. The molecule has 4 rings (SSSR count). The summed E-state index contributed by atoms with van der Waals surface area (Å²) >= 11 is 1.36. The monoisotopic (exact) mass is 382 g/mol. The van der Waals surface area contributed by atoms with Crippen molar-refractivity contribution in [3.8, 4) is 5.75 Å². The number of thiazole rings is 1. The van der Waals surface area contributed by atoms with Gasteiger partial charge in [0.05, 0.1) is 24.6 Å². The van der Waals surface area contributed by atoms with E-state index in [4.69, 9.17) is 9.15 Å². The molecular formula is C20H15FN2O3S. The van der Waals surface area contributed by atoms with Crippen LogP contribution in [0.1, 0.15) is 16.1 Å². The first-order chi connectivity index (χ1) is 13.2. The van der Waals surface area contributed by atoms with Crippen molar-refractivity contribution in [2.75, 3.05) is 12.0 Å². The van der Waals surface area contributed by atoms with Gasteiger partial charge >= 0.3 is 0 Å². The Kier molecular flexibility index (Phi) is 4.60. The predicted molar refractivity (Wildman–Crippen MR) is 102 cm³/mol. The zero-order valence-corrected chi connectivity index (χ0v) is 15.2. The van der Waals surface area contributed by atoms with Gasteiger partial charge in [0.15, 0.2) is 5.13 Å². The summed E-state index contributed by atoms with van der Waals surface area (Å²) in [7, 11) is 1.58. The molecule has 0 aliphatic rings. The van der Waals surface area contributed by atoms with Gasteiger partial charge in [-0.05, 0) is 42.5 Å². The molecule has 136 valence electrons. The van der Waals surface area contributed by atoms with E-state index in [1.165, 1.54) is 34.4 Å². The smallest absolute Gasteiger partial charge is 0.260 e. The van der Waals surface area contributed by atoms with Crippen LogP contribution < -0.4 is 9.64 Å². The lowest BCUT2D eigenvalue weighted by atomic mass is 10.2. The molecule has 0 bridgehead atoms. The number of furan rings is 1. The third-order valence-corrected chi connectivity index (χ3v) is 5.08. The van der Waals surface area contributed by atoms with E-state index in [-0.39, 0.29) is 18.0 Å². The topological polar surface area (TPSA) is 55.6 Å². The lowest BCUT2D eigenvalue weighted by molar-refractivity contribution is 0.0983. The molecule has 2 heterocycles. The first-order valence-corrected chi connectivity index (χ1v) is 9.00. The van der Waals surface area contributed by atoms with E-state index in [1.54, 1.807) is 31.6 Å². The van der Waals surface area contributed by atoms with Gasteiger partial charge < -0.3 is 9.15 Å². The van der Waals surface area contributed by atoms with Crippen molar-refractivity contribution in [1.29, 1.82) is 0 Å². The molecule has 0 fully saturated rings. The molecule has 0 N–H and O–H groups in total. The van der Waals surface area contributed by atoms with Crippen molar-refractivity contribution in [3.05, 3.63) is 78.0 Å². The molecule has 2 aromatic heterocycles. The molecule has 7 heteroatoms. The van der Waals surface area contributed by atoms with Crippen LogP contribution in [0.5, 0.6) is 5.75 Å². The number of hydrogen-bond acceptors (Lipinski definition) is 5. The fraction of sp³-hybridized carbons (Fsp3) is 0.100. The van der Waals surface area contributed by atoms with Crippen molar-refractivity contribution in [3.63, 3.8) is 0 Å². The van der Waals surface area contributed by atoms with E-state index in [9.17, 15) is 9.18 Å². The largest absolute Gasteiger partial charge is 0.494 e. The number of carbonyl (C=O) groups is 1. The van der Waals surface area contributed by atoms with Crippen molar-refractivity contribution in [1.82, 2.24) is 4.98 Å². The number of amides is 1. The molecule has 0 radical (unpaired) electrons. The third kappa shape index (κ3) is 3.41. The molecule has 5 nitrogen and oxygen atoms in total. The number of anilines is 1. The summed E-state index contributed by atoms with van der Waals surface area (Å²) in [5.74, 6) is 0.408. The minimum atomic E-state index is -0.468. The standard InChI is InChI=1S/C20H15FN2O3S/c1-25-16-8-3-9-17-18(16)22-20(27-17)23(12-15-7-4-10-26-15)19(24)13-5-2-6-14(21)11-13/h2-11H,12H2,1H3. The van der Waals surface area contributed by atoms with Gasteiger partial charge in [0, 0.05) is 5.56 Å². The van der Waals surface area contributed by atoms with Gasteiger partial charge in [-0.1, -0.05) is 23.5 Å². The second-order valence-corrected chi connectivity index (χ2v) is 6.79. The Morgan fingerprint density at radius 3 is 2.81 bits per heavy atom. The number of ether oxygens (including phenoxy) is 1. The van der Waals surface area contributed by atoms with Crippen LogP contribution in [0.4, 0.5) is 9.52 Å². The molecule has 27 heavy (non-hydrogen) atoms. The van der Waals surface area contributed by atoms with E-state index in [0.717, 1.165) is 4.70 Å². The van der Waals surface area contributed by atoms with Gasteiger partial charge in [-0.2, -0.15) is 0 Å². The molecule has 0 aliphatic heterocycles. The first-order valence-electron chi connectivity index (χ1n) is 8.19. The first kappa shape index (κ1) is 17.2. The molecule has 0 aliphatic carbocycles. The quantitative estimate of drug-likeness (QED) is 0.493. The lowest BCUT2D eigenvalue weighted by Crippen LogP contribution is -2.30. The van der Waals surface area contributed by atoms with Crippen molar-refractivity contribution < 1.29 is 18.3 Å². The average molecular weight is 382 g/mol. The molecule has 2 aromatic carbocycles. The van der Waals surface area contributed by atoms with Crippen LogP contribution in [0.3, 0.4) is 0 Å². The highest BCUT2D eigenvalue weighted by Gasteiger charge is 2.23. The zero-order chi connectivity index (χ0) is 18.8. The number of carbonyl (C=O) groups excluding carboxylic acids is 1. The van der Waals surface area contributed by atoms with E-state index < -0.39 is 5.82 Å². The van der Waals surface area contributed by atoms with Crippen LogP contribution in [0, 0.1) is 5.82 Å². The van der Waals surface area contributed by atoms with Crippen molar-refractivity contribution in [2.24, 2.45) is 0 Å². The Labute approximate surface area is 158 Å². The number of halogens is 1. The van der Waals surface area contributed by atoms with Gasteiger partial charge in [0.25, 0.3) is 5.91 Å². The SMILES string of the molecule is COc1cccc2sc(N(Cc3ccco3)C(=O)c3cccc(F)c3)nc12. The highest BCUT2D eigenvalue weighted by atomic mass is 32.1. The maximum absolute atomic E-state index is 13.6. The number of methoxy groups -OCH3 is 1. The number of rotatable bonds is 5. The van der Waals surface area contributed by atoms with Gasteiger partial charge in [-0.15, -0.1) is 0 Å². The molecule has 0 saturated heterocycles. The van der Waals surface area contributed by atoms with Crippen LogP contribution in [0.2, 0.25) is 0 Å². The van der Waals surface area contributed by atoms with Crippen LogP contribution >= 0.6 is 11.3 Å². The van der Waals surface area contributed by atoms with E-state index in [2.05, 4.69) is 4.98 Å². The molecule has 4 aromatic rings. The summed E-state index contributed by atoms with van der Waals surface area (Å²) in [5, 5.41) is 0.486. The Balaban J connectivity index is 1.79. The summed E-state index contributed by atoms with van der Waals surface area (Å²) < 4.78 is 25.3. The Bertz CT molecular complexity index is 1090. The van der Waals surface area contributed by atoms with Crippen LogP contribution in [0.15, 0.2) is 65.3 Å². The van der Waals surface area contributed by atoms with Gasteiger partial charge in [-0.3, -0.25) is 9.69 Å². The minimum Gasteiger partial charge on any atom is -0.494 e. The Morgan fingerprint density at radius 2 is 2.07 bits per heavy atom. The summed E-state index contributed by atoms with van der Waals surface area (Å²) in [6.45, 7) is 0.185.